The van der Waals surface area contributed by atoms with Gasteiger partial charge >= 0.3 is 12.1 Å². The number of carboxylic acids is 1. The second-order valence-corrected chi connectivity index (χ2v) is 5.43. The van der Waals surface area contributed by atoms with Gasteiger partial charge in [-0.2, -0.15) is 0 Å². The Morgan fingerprint density at radius 2 is 1.85 bits per heavy atom. The molecule has 0 spiro atoms. The van der Waals surface area contributed by atoms with Crippen LogP contribution in [-0.4, -0.2) is 41.3 Å². The smallest absolute Gasteiger partial charge is 0.410 e. The number of piperidine rings is 1. The highest BCUT2D eigenvalue weighted by Crippen LogP contribution is 2.18. The molecule has 1 N–H and O–H groups in total. The number of hydrogen-bond acceptors (Lipinski definition) is 3. The first kappa shape index (κ1) is 16.8. The van der Waals surface area contributed by atoms with E-state index >= 15 is 0 Å². The van der Waals surface area contributed by atoms with Gasteiger partial charge in [0.1, 0.15) is 6.04 Å². The highest BCUT2D eigenvalue weighted by Gasteiger charge is 2.32. The number of carbonyl (C=O) groups excluding carboxylic acids is 1. The first-order valence-corrected chi connectivity index (χ1v) is 7.83. The van der Waals surface area contributed by atoms with E-state index in [1.54, 1.807) is 0 Å². The average molecular weight is 285 g/mol. The van der Waals surface area contributed by atoms with Crippen LogP contribution in [0.2, 0.25) is 0 Å². The minimum atomic E-state index is -0.929. The summed E-state index contributed by atoms with van der Waals surface area (Å²) in [6.45, 7) is 3.07. The molecule has 1 atom stereocenters. The maximum absolute atomic E-state index is 11.9. The molecular formula is C15H27NO4. The van der Waals surface area contributed by atoms with Crippen LogP contribution in [-0.2, 0) is 9.53 Å². The van der Waals surface area contributed by atoms with Crippen LogP contribution in [0, 0.1) is 0 Å². The van der Waals surface area contributed by atoms with E-state index in [9.17, 15) is 9.59 Å². The van der Waals surface area contributed by atoms with Crippen molar-refractivity contribution in [3.05, 3.63) is 0 Å². The summed E-state index contributed by atoms with van der Waals surface area (Å²) in [6.07, 6.45) is 8.59. The zero-order chi connectivity index (χ0) is 14.8. The number of likely N-dealkylation sites (tertiary alicyclic amines) is 1. The molecule has 1 saturated heterocycles. The zero-order valence-corrected chi connectivity index (χ0v) is 12.5. The van der Waals surface area contributed by atoms with Crippen molar-refractivity contribution >= 4 is 12.1 Å². The number of ether oxygens (including phenoxy) is 1. The van der Waals surface area contributed by atoms with Gasteiger partial charge in [0.15, 0.2) is 0 Å². The van der Waals surface area contributed by atoms with E-state index in [4.69, 9.17) is 9.84 Å². The summed E-state index contributed by atoms with van der Waals surface area (Å²) in [5, 5.41) is 9.10. The Balaban J connectivity index is 2.19. The molecule has 1 amide bonds. The summed E-state index contributed by atoms with van der Waals surface area (Å²) in [7, 11) is 0. The largest absolute Gasteiger partial charge is 0.480 e. The minimum Gasteiger partial charge on any atom is -0.480 e. The molecule has 1 heterocycles. The fourth-order valence-electron chi connectivity index (χ4n) is 2.53. The Morgan fingerprint density at radius 1 is 1.15 bits per heavy atom. The number of carbonyl (C=O) groups is 2. The predicted octanol–water partition coefficient (Wildman–Crippen LogP) is 3.42. The number of hydrogen-bond donors (Lipinski definition) is 1. The molecular weight excluding hydrogens is 258 g/mol. The molecule has 20 heavy (non-hydrogen) atoms. The third kappa shape index (κ3) is 5.80. The molecule has 5 heteroatoms. The van der Waals surface area contributed by atoms with Gasteiger partial charge in [0, 0.05) is 6.54 Å². The van der Waals surface area contributed by atoms with Crippen molar-refractivity contribution in [1.82, 2.24) is 4.90 Å². The molecule has 0 radical (unpaired) electrons. The number of rotatable bonds is 8. The third-order valence-electron chi connectivity index (χ3n) is 3.75. The Hall–Kier alpha value is -1.26. The van der Waals surface area contributed by atoms with E-state index in [-0.39, 0.29) is 0 Å². The van der Waals surface area contributed by atoms with Crippen molar-refractivity contribution in [2.75, 3.05) is 13.2 Å². The van der Waals surface area contributed by atoms with Gasteiger partial charge in [-0.1, -0.05) is 39.0 Å². The molecule has 5 nitrogen and oxygen atoms in total. The number of unbranched alkanes of at least 4 members (excludes halogenated alkanes) is 5. The summed E-state index contributed by atoms with van der Waals surface area (Å²) in [5.41, 5.74) is 0. The Bertz CT molecular complexity index is 306. The van der Waals surface area contributed by atoms with Crippen molar-refractivity contribution in [2.24, 2.45) is 0 Å². The first-order chi connectivity index (χ1) is 9.66. The van der Waals surface area contributed by atoms with E-state index in [1.165, 1.54) is 30.6 Å². The lowest BCUT2D eigenvalue weighted by atomic mass is 10.0. The lowest BCUT2D eigenvalue weighted by Gasteiger charge is -2.31. The maximum atomic E-state index is 11.9. The van der Waals surface area contributed by atoms with Gasteiger partial charge in [0.25, 0.3) is 0 Å². The topological polar surface area (TPSA) is 66.8 Å². The normalized spacial score (nSPS) is 18.9. The molecule has 1 rings (SSSR count). The summed E-state index contributed by atoms with van der Waals surface area (Å²) in [6, 6.07) is -0.708. The minimum absolute atomic E-state index is 0.397. The fourth-order valence-corrected chi connectivity index (χ4v) is 2.53. The highest BCUT2D eigenvalue weighted by atomic mass is 16.6. The molecule has 0 aliphatic carbocycles. The van der Waals surface area contributed by atoms with E-state index in [0.29, 0.717) is 19.6 Å². The molecule has 0 bridgehead atoms. The molecule has 0 aromatic heterocycles. The maximum Gasteiger partial charge on any atom is 0.410 e. The van der Waals surface area contributed by atoms with Gasteiger partial charge in [0.05, 0.1) is 6.61 Å². The van der Waals surface area contributed by atoms with Crippen molar-refractivity contribution < 1.29 is 19.4 Å². The molecule has 1 fully saturated rings. The van der Waals surface area contributed by atoms with Crippen LogP contribution in [0.15, 0.2) is 0 Å². The quantitative estimate of drug-likeness (QED) is 0.694. The van der Waals surface area contributed by atoms with Crippen molar-refractivity contribution in [3.63, 3.8) is 0 Å². The molecule has 1 aliphatic rings. The van der Waals surface area contributed by atoms with Gasteiger partial charge < -0.3 is 9.84 Å². The fraction of sp³-hybridized carbons (Fsp3) is 0.867. The summed E-state index contributed by atoms with van der Waals surface area (Å²) >= 11 is 0. The monoisotopic (exact) mass is 285 g/mol. The van der Waals surface area contributed by atoms with E-state index in [2.05, 4.69) is 6.92 Å². The number of aliphatic carboxylic acids is 1. The van der Waals surface area contributed by atoms with Gasteiger partial charge in [-0.25, -0.2) is 9.59 Å². The van der Waals surface area contributed by atoms with Crippen LogP contribution in [0.4, 0.5) is 4.79 Å². The van der Waals surface area contributed by atoms with Gasteiger partial charge in [-0.15, -0.1) is 0 Å². The van der Waals surface area contributed by atoms with Gasteiger partial charge in [0.2, 0.25) is 0 Å². The first-order valence-electron chi connectivity index (χ1n) is 7.83. The lowest BCUT2D eigenvalue weighted by molar-refractivity contribution is -0.143. The molecule has 0 aromatic rings. The second-order valence-electron chi connectivity index (χ2n) is 5.43. The lowest BCUT2D eigenvalue weighted by Crippen LogP contribution is -2.48. The van der Waals surface area contributed by atoms with Gasteiger partial charge in [-0.05, 0) is 25.7 Å². The van der Waals surface area contributed by atoms with Crippen LogP contribution in [0.25, 0.3) is 0 Å². The second kappa shape index (κ2) is 9.61. The van der Waals surface area contributed by atoms with Crippen LogP contribution in [0.3, 0.4) is 0 Å². The molecule has 0 aromatic carbocycles. The summed E-state index contributed by atoms with van der Waals surface area (Å²) in [4.78, 5) is 24.3. The Morgan fingerprint density at radius 3 is 2.55 bits per heavy atom. The SMILES string of the molecule is CCCCCCCCOC(=O)N1CCCCC1C(=O)O. The molecule has 1 unspecified atom stereocenters. The average Bonchev–Trinajstić information content (AvgIpc) is 2.46. The zero-order valence-electron chi connectivity index (χ0n) is 12.5. The predicted molar refractivity (Wildman–Crippen MR) is 76.7 cm³/mol. The van der Waals surface area contributed by atoms with Crippen LogP contribution < -0.4 is 0 Å². The van der Waals surface area contributed by atoms with Crippen LogP contribution in [0.5, 0.6) is 0 Å². The standard InChI is InChI=1S/C15H27NO4/c1-2-3-4-5-6-9-12-20-15(19)16-11-8-7-10-13(16)14(17)18/h13H,2-12H2,1H3,(H,17,18). The van der Waals surface area contributed by atoms with E-state index in [1.807, 2.05) is 0 Å². The van der Waals surface area contributed by atoms with Crippen LogP contribution >= 0.6 is 0 Å². The van der Waals surface area contributed by atoms with E-state index in [0.717, 1.165) is 25.7 Å². The third-order valence-corrected chi connectivity index (χ3v) is 3.75. The summed E-state index contributed by atoms with van der Waals surface area (Å²) < 4.78 is 5.19. The van der Waals surface area contributed by atoms with Crippen molar-refractivity contribution in [1.29, 1.82) is 0 Å². The number of nitrogens with zero attached hydrogens (tertiary/aromatic N) is 1. The molecule has 0 saturated carbocycles. The van der Waals surface area contributed by atoms with Crippen LogP contribution in [0.1, 0.15) is 64.7 Å². The number of carboxylic acid groups (broad SMARTS) is 1. The van der Waals surface area contributed by atoms with Crippen molar-refractivity contribution in [2.45, 2.75) is 70.8 Å². The summed E-state index contributed by atoms with van der Waals surface area (Å²) in [5.74, 6) is -0.929. The van der Waals surface area contributed by atoms with E-state index < -0.39 is 18.1 Å². The Kier molecular flexibility index (Phi) is 8.07. The highest BCUT2D eigenvalue weighted by molar-refractivity contribution is 5.80. The molecule has 116 valence electrons. The molecule has 1 aliphatic heterocycles. The van der Waals surface area contributed by atoms with Crippen molar-refractivity contribution in [3.8, 4) is 0 Å². The number of amides is 1. The van der Waals surface area contributed by atoms with Gasteiger partial charge in [-0.3, -0.25) is 4.90 Å². The Labute approximate surface area is 121 Å².